The van der Waals surface area contributed by atoms with Gasteiger partial charge in [0.1, 0.15) is 5.82 Å². The zero-order chi connectivity index (χ0) is 16.8. The number of aromatic nitrogens is 4. The number of hydrogen-bond acceptors (Lipinski definition) is 5. The van der Waals surface area contributed by atoms with Crippen LogP contribution in [0.1, 0.15) is 11.3 Å². The second kappa shape index (κ2) is 7.70. The summed E-state index contributed by atoms with van der Waals surface area (Å²) in [5.74, 6) is 0.935. The lowest BCUT2D eigenvalue weighted by Crippen LogP contribution is -2.17. The molecular formula is C18H22N6. The van der Waals surface area contributed by atoms with Gasteiger partial charge in [0.25, 0.3) is 0 Å². The van der Waals surface area contributed by atoms with E-state index in [1.54, 1.807) is 4.68 Å². The molecule has 2 heterocycles. The lowest BCUT2D eigenvalue weighted by molar-refractivity contribution is 0.675. The Morgan fingerprint density at radius 2 is 1.96 bits per heavy atom. The fourth-order valence-electron chi connectivity index (χ4n) is 2.46. The fourth-order valence-corrected chi connectivity index (χ4v) is 2.46. The highest BCUT2D eigenvalue weighted by Gasteiger charge is 2.04. The summed E-state index contributed by atoms with van der Waals surface area (Å²) in [6.45, 7) is 1.66. The predicted molar refractivity (Wildman–Crippen MR) is 95.2 cm³/mol. The van der Waals surface area contributed by atoms with Gasteiger partial charge in [0.2, 0.25) is 0 Å². The Labute approximate surface area is 142 Å². The van der Waals surface area contributed by atoms with Crippen molar-refractivity contribution in [1.82, 2.24) is 25.3 Å². The monoisotopic (exact) mass is 322 g/mol. The van der Waals surface area contributed by atoms with Crippen LogP contribution in [0.5, 0.6) is 0 Å². The molecule has 24 heavy (non-hydrogen) atoms. The second-order valence-corrected chi connectivity index (χ2v) is 5.73. The summed E-state index contributed by atoms with van der Waals surface area (Å²) in [6.07, 6.45) is 4.73. The largest absolute Gasteiger partial charge is 0.329 e. The van der Waals surface area contributed by atoms with Gasteiger partial charge in [-0.25, -0.2) is 4.98 Å². The van der Waals surface area contributed by atoms with Crippen molar-refractivity contribution < 1.29 is 0 Å². The quantitative estimate of drug-likeness (QED) is 0.677. The number of rotatable bonds is 7. The molecular weight excluding hydrogens is 300 g/mol. The number of hydrogen-bond donors (Lipinski definition) is 1. The Kier molecular flexibility index (Phi) is 5.18. The first-order valence-corrected chi connectivity index (χ1v) is 8.02. The maximum atomic E-state index is 4.56. The van der Waals surface area contributed by atoms with Gasteiger partial charge in [-0.3, -0.25) is 4.68 Å². The SMILES string of the molecule is CN(c1ccccc1)c1ccc(CNCCc2cn(C)nn2)cn1. The molecule has 0 unspecified atom stereocenters. The third-order valence-electron chi connectivity index (χ3n) is 3.83. The van der Waals surface area contributed by atoms with Gasteiger partial charge in [0.05, 0.1) is 5.69 Å². The highest BCUT2D eigenvalue weighted by atomic mass is 15.4. The maximum absolute atomic E-state index is 4.56. The Hall–Kier alpha value is -2.73. The lowest BCUT2D eigenvalue weighted by atomic mass is 10.2. The lowest BCUT2D eigenvalue weighted by Gasteiger charge is -2.18. The van der Waals surface area contributed by atoms with E-state index in [2.05, 4.69) is 43.7 Å². The minimum atomic E-state index is 0.794. The number of aryl methyl sites for hydroxylation is 1. The molecule has 0 bridgehead atoms. The van der Waals surface area contributed by atoms with Crippen molar-refractivity contribution in [3.8, 4) is 0 Å². The molecule has 1 aromatic carbocycles. The molecule has 0 saturated carbocycles. The summed E-state index contributed by atoms with van der Waals surface area (Å²) in [7, 11) is 3.90. The van der Waals surface area contributed by atoms with Crippen LogP contribution in [0.2, 0.25) is 0 Å². The summed E-state index contributed by atoms with van der Waals surface area (Å²) < 4.78 is 1.72. The average Bonchev–Trinajstić information content (AvgIpc) is 3.05. The van der Waals surface area contributed by atoms with Crippen LogP contribution in [0.15, 0.2) is 54.9 Å². The summed E-state index contributed by atoms with van der Waals surface area (Å²) in [6, 6.07) is 14.4. The Bertz CT molecular complexity index is 751. The molecule has 0 atom stereocenters. The molecule has 6 heteroatoms. The number of nitrogens with one attached hydrogen (secondary N) is 1. The first kappa shape index (κ1) is 16.1. The Balaban J connectivity index is 1.49. The average molecular weight is 322 g/mol. The number of para-hydroxylation sites is 1. The van der Waals surface area contributed by atoms with Gasteiger partial charge < -0.3 is 10.2 Å². The molecule has 0 aliphatic carbocycles. The van der Waals surface area contributed by atoms with Crippen LogP contribution >= 0.6 is 0 Å². The van der Waals surface area contributed by atoms with E-state index in [0.717, 1.165) is 36.7 Å². The Morgan fingerprint density at radius 3 is 2.62 bits per heavy atom. The van der Waals surface area contributed by atoms with Gasteiger partial charge in [0, 0.05) is 51.7 Å². The summed E-state index contributed by atoms with van der Waals surface area (Å²) >= 11 is 0. The fraction of sp³-hybridized carbons (Fsp3) is 0.278. The van der Waals surface area contributed by atoms with Crippen molar-refractivity contribution in [1.29, 1.82) is 0 Å². The number of pyridine rings is 1. The molecule has 0 amide bonds. The summed E-state index contributed by atoms with van der Waals surface area (Å²) in [5.41, 5.74) is 3.29. The van der Waals surface area contributed by atoms with Crippen molar-refractivity contribution >= 4 is 11.5 Å². The third-order valence-corrected chi connectivity index (χ3v) is 3.83. The van der Waals surface area contributed by atoms with Crippen LogP contribution in [0, 0.1) is 0 Å². The van der Waals surface area contributed by atoms with Crippen LogP contribution in [-0.2, 0) is 20.0 Å². The molecule has 1 N–H and O–H groups in total. The van der Waals surface area contributed by atoms with Crippen LogP contribution in [-0.4, -0.2) is 33.6 Å². The zero-order valence-corrected chi connectivity index (χ0v) is 14.1. The number of anilines is 2. The van der Waals surface area contributed by atoms with Gasteiger partial charge in [-0.05, 0) is 23.8 Å². The Morgan fingerprint density at radius 1 is 1.12 bits per heavy atom. The van der Waals surface area contributed by atoms with Crippen LogP contribution in [0.3, 0.4) is 0 Å². The van der Waals surface area contributed by atoms with Crippen molar-refractivity contribution in [2.24, 2.45) is 7.05 Å². The molecule has 0 fully saturated rings. The molecule has 2 aromatic heterocycles. The van der Waals surface area contributed by atoms with Gasteiger partial charge >= 0.3 is 0 Å². The van der Waals surface area contributed by atoms with Crippen molar-refractivity contribution in [3.63, 3.8) is 0 Å². The number of nitrogens with zero attached hydrogens (tertiary/aromatic N) is 5. The molecule has 0 saturated heterocycles. The van der Waals surface area contributed by atoms with E-state index < -0.39 is 0 Å². The smallest absolute Gasteiger partial charge is 0.132 e. The van der Waals surface area contributed by atoms with Crippen molar-refractivity contribution in [2.45, 2.75) is 13.0 Å². The van der Waals surface area contributed by atoms with Crippen LogP contribution < -0.4 is 10.2 Å². The van der Waals surface area contributed by atoms with E-state index in [0.29, 0.717) is 0 Å². The van der Waals surface area contributed by atoms with E-state index in [1.807, 2.05) is 50.8 Å². The molecule has 0 aliphatic heterocycles. The van der Waals surface area contributed by atoms with Crippen LogP contribution in [0.4, 0.5) is 11.5 Å². The molecule has 0 spiro atoms. The van der Waals surface area contributed by atoms with Crippen LogP contribution in [0.25, 0.3) is 0 Å². The molecule has 3 rings (SSSR count). The number of benzene rings is 1. The molecule has 3 aromatic rings. The summed E-state index contributed by atoms with van der Waals surface area (Å²) in [4.78, 5) is 6.63. The molecule has 124 valence electrons. The van der Waals surface area contributed by atoms with E-state index in [-0.39, 0.29) is 0 Å². The first-order valence-electron chi connectivity index (χ1n) is 8.02. The highest BCUT2D eigenvalue weighted by molar-refractivity contribution is 5.58. The minimum absolute atomic E-state index is 0.794. The third kappa shape index (κ3) is 4.17. The maximum Gasteiger partial charge on any atom is 0.132 e. The van der Waals surface area contributed by atoms with Gasteiger partial charge in [-0.15, -0.1) is 5.10 Å². The van der Waals surface area contributed by atoms with E-state index in [9.17, 15) is 0 Å². The molecule has 0 aliphatic rings. The zero-order valence-electron chi connectivity index (χ0n) is 14.1. The predicted octanol–water partition coefficient (Wildman–Crippen LogP) is 2.31. The van der Waals surface area contributed by atoms with E-state index >= 15 is 0 Å². The van der Waals surface area contributed by atoms with Crippen molar-refractivity contribution in [3.05, 3.63) is 66.1 Å². The van der Waals surface area contributed by atoms with Gasteiger partial charge in [-0.1, -0.05) is 29.5 Å². The van der Waals surface area contributed by atoms with Gasteiger partial charge in [-0.2, -0.15) is 0 Å². The minimum Gasteiger partial charge on any atom is -0.329 e. The molecule has 0 radical (unpaired) electrons. The van der Waals surface area contributed by atoms with Crippen molar-refractivity contribution in [2.75, 3.05) is 18.5 Å². The van der Waals surface area contributed by atoms with E-state index in [1.165, 1.54) is 5.56 Å². The normalized spacial score (nSPS) is 10.8. The standard InChI is InChI=1S/C18H22N6/c1-23-14-16(21-22-23)10-11-19-12-15-8-9-18(20-13-15)24(2)17-6-4-3-5-7-17/h3-9,13-14,19H,10-12H2,1-2H3. The second-order valence-electron chi connectivity index (χ2n) is 5.73. The van der Waals surface area contributed by atoms with E-state index in [4.69, 9.17) is 0 Å². The summed E-state index contributed by atoms with van der Waals surface area (Å²) in [5, 5.41) is 11.4. The molecule has 6 nitrogen and oxygen atoms in total. The van der Waals surface area contributed by atoms with Gasteiger partial charge in [0.15, 0.2) is 0 Å². The topological polar surface area (TPSA) is 58.9 Å². The first-order chi connectivity index (χ1) is 11.7. The highest BCUT2D eigenvalue weighted by Crippen LogP contribution is 2.20.